The summed E-state index contributed by atoms with van der Waals surface area (Å²) in [5.41, 5.74) is 0.582. The number of amides is 1. The number of carbonyl (C=O) groups is 2. The molecule has 27 heavy (non-hydrogen) atoms. The number of esters is 1. The minimum Gasteiger partial charge on any atom is -0.493 e. The number of methoxy groups -OCH3 is 3. The third-order valence-electron chi connectivity index (χ3n) is 3.85. The minimum absolute atomic E-state index is 0.129. The number of anilines is 1. The predicted octanol–water partition coefficient (Wildman–Crippen LogP) is 2.96. The third-order valence-corrected chi connectivity index (χ3v) is 3.85. The normalized spacial score (nSPS) is 10.1. The lowest BCUT2D eigenvalue weighted by molar-refractivity contribution is -0.385. The fraction of sp³-hybridized carbons (Fsp3) is 0.222. The van der Waals surface area contributed by atoms with Crippen LogP contribution in [0.25, 0.3) is 0 Å². The van der Waals surface area contributed by atoms with Gasteiger partial charge in [-0.25, -0.2) is 4.79 Å². The van der Waals surface area contributed by atoms with E-state index in [1.165, 1.54) is 33.5 Å². The summed E-state index contributed by atoms with van der Waals surface area (Å²) in [7, 11) is 3.94. The molecule has 0 saturated carbocycles. The van der Waals surface area contributed by atoms with Crippen molar-refractivity contribution in [1.82, 2.24) is 0 Å². The van der Waals surface area contributed by atoms with Crippen LogP contribution in [0.3, 0.4) is 0 Å². The Kier molecular flexibility index (Phi) is 5.96. The summed E-state index contributed by atoms with van der Waals surface area (Å²) >= 11 is 0. The van der Waals surface area contributed by atoms with E-state index in [4.69, 9.17) is 9.47 Å². The number of carbonyl (C=O) groups excluding carboxylic acids is 2. The monoisotopic (exact) mass is 374 g/mol. The first-order valence-electron chi connectivity index (χ1n) is 7.73. The fourth-order valence-corrected chi connectivity index (χ4v) is 2.39. The number of benzene rings is 2. The standard InChI is InChI=1S/C18H18N2O7/c1-10-5-6-11(18(22)27-4)7-13(10)19-17(21)12-8-15(25-2)16(26-3)9-14(12)20(23)24/h5-9H,1-4H3,(H,19,21). The lowest BCUT2D eigenvalue weighted by Crippen LogP contribution is -2.16. The number of rotatable bonds is 6. The molecule has 0 bridgehead atoms. The summed E-state index contributed by atoms with van der Waals surface area (Å²) in [6, 6.07) is 6.96. The van der Waals surface area contributed by atoms with Crippen LogP contribution in [0.2, 0.25) is 0 Å². The molecule has 0 radical (unpaired) electrons. The van der Waals surface area contributed by atoms with Gasteiger partial charge in [0.1, 0.15) is 5.56 Å². The molecule has 0 aliphatic rings. The maximum atomic E-state index is 12.7. The summed E-state index contributed by atoms with van der Waals surface area (Å²) < 4.78 is 14.8. The SMILES string of the molecule is COC(=O)c1ccc(C)c(NC(=O)c2cc(OC)c(OC)cc2[N+](=O)[O-])c1. The van der Waals surface area contributed by atoms with Gasteiger partial charge in [-0.15, -0.1) is 0 Å². The molecule has 0 saturated heterocycles. The second-order valence-corrected chi connectivity index (χ2v) is 5.46. The van der Waals surface area contributed by atoms with Gasteiger partial charge in [0.15, 0.2) is 11.5 Å². The Morgan fingerprint density at radius 3 is 2.22 bits per heavy atom. The summed E-state index contributed by atoms with van der Waals surface area (Å²) in [5, 5.41) is 13.9. The minimum atomic E-state index is -0.729. The van der Waals surface area contributed by atoms with E-state index in [1.54, 1.807) is 19.1 Å². The number of nitro benzene ring substituents is 1. The van der Waals surface area contributed by atoms with Crippen molar-refractivity contribution in [3.63, 3.8) is 0 Å². The highest BCUT2D eigenvalue weighted by atomic mass is 16.6. The van der Waals surface area contributed by atoms with Crippen molar-refractivity contribution < 1.29 is 28.7 Å². The zero-order chi connectivity index (χ0) is 20.1. The van der Waals surface area contributed by atoms with Gasteiger partial charge in [0.2, 0.25) is 0 Å². The number of nitrogens with one attached hydrogen (secondary N) is 1. The Morgan fingerprint density at radius 2 is 1.67 bits per heavy atom. The number of nitrogens with zero attached hydrogens (tertiary/aromatic N) is 1. The van der Waals surface area contributed by atoms with Crippen molar-refractivity contribution in [2.24, 2.45) is 0 Å². The lowest BCUT2D eigenvalue weighted by Gasteiger charge is -2.12. The number of ether oxygens (including phenoxy) is 3. The summed E-state index contributed by atoms with van der Waals surface area (Å²) in [6.07, 6.45) is 0. The highest BCUT2D eigenvalue weighted by Gasteiger charge is 2.25. The largest absolute Gasteiger partial charge is 0.493 e. The first-order valence-corrected chi connectivity index (χ1v) is 7.73. The second-order valence-electron chi connectivity index (χ2n) is 5.46. The van der Waals surface area contributed by atoms with Gasteiger partial charge in [0, 0.05) is 11.8 Å². The van der Waals surface area contributed by atoms with Gasteiger partial charge in [-0.3, -0.25) is 14.9 Å². The molecule has 9 nitrogen and oxygen atoms in total. The molecular formula is C18H18N2O7. The molecule has 1 amide bonds. The van der Waals surface area contributed by atoms with Crippen molar-refractivity contribution in [3.8, 4) is 11.5 Å². The first-order chi connectivity index (χ1) is 12.8. The van der Waals surface area contributed by atoms with E-state index in [0.29, 0.717) is 11.3 Å². The summed E-state index contributed by atoms with van der Waals surface area (Å²) in [5.74, 6) is -0.992. The molecule has 0 aliphatic heterocycles. The Balaban J connectivity index is 2.47. The molecule has 1 N–H and O–H groups in total. The van der Waals surface area contributed by atoms with Gasteiger partial charge >= 0.3 is 5.97 Å². The van der Waals surface area contributed by atoms with Crippen LogP contribution in [0.5, 0.6) is 11.5 Å². The molecule has 9 heteroatoms. The van der Waals surface area contributed by atoms with Crippen LogP contribution in [0.4, 0.5) is 11.4 Å². The van der Waals surface area contributed by atoms with E-state index in [9.17, 15) is 19.7 Å². The number of hydrogen-bond donors (Lipinski definition) is 1. The molecule has 0 heterocycles. The van der Waals surface area contributed by atoms with Gasteiger partial charge in [0.25, 0.3) is 11.6 Å². The average molecular weight is 374 g/mol. The summed E-state index contributed by atoms with van der Waals surface area (Å²) in [6.45, 7) is 1.72. The second kappa shape index (κ2) is 8.17. The number of aryl methyl sites for hydroxylation is 1. The highest BCUT2D eigenvalue weighted by Crippen LogP contribution is 2.35. The molecular weight excluding hydrogens is 356 g/mol. The van der Waals surface area contributed by atoms with Crippen molar-refractivity contribution in [2.75, 3.05) is 26.6 Å². The van der Waals surface area contributed by atoms with Gasteiger partial charge in [-0.2, -0.15) is 0 Å². The molecule has 0 fully saturated rings. The van der Waals surface area contributed by atoms with Crippen LogP contribution < -0.4 is 14.8 Å². The van der Waals surface area contributed by atoms with Crippen LogP contribution >= 0.6 is 0 Å². The van der Waals surface area contributed by atoms with Crippen molar-refractivity contribution in [3.05, 3.63) is 57.1 Å². The molecule has 0 aliphatic carbocycles. The highest BCUT2D eigenvalue weighted by molar-refractivity contribution is 6.08. The van der Waals surface area contributed by atoms with Gasteiger partial charge < -0.3 is 19.5 Å². The van der Waals surface area contributed by atoms with E-state index in [2.05, 4.69) is 10.1 Å². The van der Waals surface area contributed by atoms with E-state index in [-0.39, 0.29) is 22.6 Å². The maximum absolute atomic E-state index is 12.7. The van der Waals surface area contributed by atoms with E-state index in [1.807, 2.05) is 0 Å². The topological polar surface area (TPSA) is 117 Å². The quantitative estimate of drug-likeness (QED) is 0.469. The van der Waals surface area contributed by atoms with Crippen LogP contribution in [0.15, 0.2) is 30.3 Å². The molecule has 2 rings (SSSR count). The van der Waals surface area contributed by atoms with Crippen LogP contribution in [0.1, 0.15) is 26.3 Å². The van der Waals surface area contributed by atoms with Gasteiger partial charge in [-0.05, 0) is 24.6 Å². The van der Waals surface area contributed by atoms with Crippen molar-refractivity contribution >= 4 is 23.3 Å². The van der Waals surface area contributed by atoms with E-state index in [0.717, 1.165) is 6.07 Å². The molecule has 2 aromatic carbocycles. The third kappa shape index (κ3) is 4.14. The first kappa shape index (κ1) is 19.7. The van der Waals surface area contributed by atoms with Gasteiger partial charge in [0.05, 0.1) is 37.9 Å². The Hall–Kier alpha value is -3.62. The summed E-state index contributed by atoms with van der Waals surface area (Å²) in [4.78, 5) is 35.0. The zero-order valence-corrected chi connectivity index (χ0v) is 15.2. The average Bonchev–Trinajstić information content (AvgIpc) is 2.67. The molecule has 0 spiro atoms. The maximum Gasteiger partial charge on any atom is 0.337 e. The van der Waals surface area contributed by atoms with Crippen LogP contribution in [0, 0.1) is 17.0 Å². The number of hydrogen-bond acceptors (Lipinski definition) is 7. The van der Waals surface area contributed by atoms with Gasteiger partial charge in [-0.1, -0.05) is 6.07 Å². The number of nitro groups is 1. The van der Waals surface area contributed by atoms with Crippen LogP contribution in [-0.2, 0) is 4.74 Å². The Bertz CT molecular complexity index is 909. The predicted molar refractivity (Wildman–Crippen MR) is 96.7 cm³/mol. The van der Waals surface area contributed by atoms with Crippen molar-refractivity contribution in [2.45, 2.75) is 6.92 Å². The van der Waals surface area contributed by atoms with Crippen LogP contribution in [-0.4, -0.2) is 38.1 Å². The Morgan fingerprint density at radius 1 is 1.04 bits per heavy atom. The Labute approximate surface area is 155 Å². The van der Waals surface area contributed by atoms with E-state index >= 15 is 0 Å². The molecule has 142 valence electrons. The smallest absolute Gasteiger partial charge is 0.337 e. The molecule has 0 atom stereocenters. The molecule has 0 unspecified atom stereocenters. The van der Waals surface area contributed by atoms with E-state index < -0.39 is 22.5 Å². The molecule has 0 aromatic heterocycles. The fourth-order valence-electron chi connectivity index (χ4n) is 2.39. The zero-order valence-electron chi connectivity index (χ0n) is 15.2. The lowest BCUT2D eigenvalue weighted by atomic mass is 10.1. The molecule has 2 aromatic rings. The van der Waals surface area contributed by atoms with Crippen molar-refractivity contribution in [1.29, 1.82) is 0 Å².